The molecule has 0 amide bonds. The van der Waals surface area contributed by atoms with Crippen molar-refractivity contribution in [3.8, 4) is 33.2 Å². The van der Waals surface area contributed by atoms with Gasteiger partial charge in [0.05, 0.1) is 5.39 Å². The van der Waals surface area contributed by atoms with Crippen LogP contribution in [0, 0.1) is 12.8 Å². The minimum Gasteiger partial charge on any atom is -0.396 e. The molecule has 1 fully saturated rings. The molecule has 0 spiro atoms. The Kier molecular flexibility index (Phi) is 5.54. The summed E-state index contributed by atoms with van der Waals surface area (Å²) in [6.07, 6.45) is 8.39. The second kappa shape index (κ2) is 8.87. The number of hydrogen-bond acceptors (Lipinski definition) is 7. The van der Waals surface area contributed by atoms with Crippen molar-refractivity contribution in [1.29, 1.82) is 0 Å². The van der Waals surface area contributed by atoms with Crippen LogP contribution in [0.5, 0.6) is 0 Å². The van der Waals surface area contributed by atoms with Gasteiger partial charge in [0.25, 0.3) is 0 Å². The van der Waals surface area contributed by atoms with E-state index in [0.29, 0.717) is 5.82 Å². The molecule has 1 N–H and O–H groups in total. The molecule has 35 heavy (non-hydrogen) atoms. The Morgan fingerprint density at radius 1 is 1.11 bits per heavy atom. The van der Waals surface area contributed by atoms with Gasteiger partial charge in [0.1, 0.15) is 10.6 Å². The molecule has 5 heterocycles. The molecule has 7 nitrogen and oxygen atoms in total. The van der Waals surface area contributed by atoms with Gasteiger partial charge in [-0.3, -0.25) is 4.98 Å². The van der Waals surface area contributed by atoms with Crippen molar-refractivity contribution in [2.24, 2.45) is 13.0 Å². The molecule has 1 saturated heterocycles. The Labute approximate surface area is 207 Å². The summed E-state index contributed by atoms with van der Waals surface area (Å²) in [4.78, 5) is 23.4. The Morgan fingerprint density at radius 3 is 2.69 bits per heavy atom. The van der Waals surface area contributed by atoms with Crippen molar-refractivity contribution in [2.45, 2.75) is 13.3 Å². The Morgan fingerprint density at radius 2 is 1.97 bits per heavy atom. The third-order valence-electron chi connectivity index (χ3n) is 6.72. The zero-order valence-electron chi connectivity index (χ0n) is 19.7. The normalized spacial score (nSPS) is 15.9. The summed E-state index contributed by atoms with van der Waals surface area (Å²) in [6.45, 7) is 3.91. The molecule has 1 unspecified atom stereocenters. The van der Waals surface area contributed by atoms with Crippen molar-refractivity contribution in [3.05, 3.63) is 66.7 Å². The molecule has 1 aromatic carbocycles. The molecule has 0 radical (unpaired) electrons. The van der Waals surface area contributed by atoms with Gasteiger partial charge in [0, 0.05) is 67.9 Å². The van der Waals surface area contributed by atoms with E-state index in [2.05, 4.69) is 52.1 Å². The lowest BCUT2D eigenvalue weighted by molar-refractivity contribution is 0.238. The van der Waals surface area contributed by atoms with Crippen molar-refractivity contribution < 1.29 is 5.11 Å². The van der Waals surface area contributed by atoms with Crippen LogP contribution in [0.2, 0.25) is 0 Å². The first-order valence-corrected chi connectivity index (χ1v) is 12.6. The molecule has 0 aliphatic carbocycles. The largest absolute Gasteiger partial charge is 0.396 e. The van der Waals surface area contributed by atoms with Crippen LogP contribution in [-0.4, -0.2) is 49.3 Å². The van der Waals surface area contributed by atoms with E-state index < -0.39 is 0 Å². The Bertz CT molecular complexity index is 1510. The first kappa shape index (κ1) is 21.9. The van der Waals surface area contributed by atoms with Crippen LogP contribution >= 0.6 is 11.3 Å². The minimum atomic E-state index is 0.188. The average Bonchev–Trinajstić information content (AvgIpc) is 3.62. The number of nitrogens with zero attached hydrogens (tertiary/aromatic N) is 6. The molecular weight excluding hydrogens is 456 g/mol. The monoisotopic (exact) mass is 482 g/mol. The number of imidazole rings is 1. The lowest BCUT2D eigenvalue weighted by Crippen LogP contribution is -2.22. The number of anilines is 1. The molecular formula is C27H26N6OS. The maximum atomic E-state index is 9.82. The maximum Gasteiger partial charge on any atom is 0.199 e. The number of aliphatic hydroxyl groups is 1. The van der Waals surface area contributed by atoms with Crippen LogP contribution < -0.4 is 4.90 Å². The minimum absolute atomic E-state index is 0.188. The Balaban J connectivity index is 1.69. The van der Waals surface area contributed by atoms with Crippen LogP contribution in [0.1, 0.15) is 12.0 Å². The highest BCUT2D eigenvalue weighted by molar-refractivity contribution is 7.22. The quantitative estimate of drug-likeness (QED) is 0.382. The molecule has 176 valence electrons. The van der Waals surface area contributed by atoms with Crippen LogP contribution in [-0.2, 0) is 7.05 Å². The number of aliphatic hydroxyl groups excluding tert-OH is 1. The molecule has 8 heteroatoms. The summed E-state index contributed by atoms with van der Waals surface area (Å²) in [5.41, 5.74) is 4.56. The van der Waals surface area contributed by atoms with E-state index in [9.17, 15) is 5.11 Å². The van der Waals surface area contributed by atoms with Gasteiger partial charge in [-0.15, -0.1) is 11.3 Å². The predicted molar refractivity (Wildman–Crippen MR) is 140 cm³/mol. The van der Waals surface area contributed by atoms with Gasteiger partial charge in [-0.2, -0.15) is 0 Å². The number of thiophene rings is 1. The summed E-state index contributed by atoms with van der Waals surface area (Å²) in [6, 6.07) is 12.6. The average molecular weight is 483 g/mol. The van der Waals surface area contributed by atoms with E-state index in [1.807, 2.05) is 36.3 Å². The summed E-state index contributed by atoms with van der Waals surface area (Å²) < 4.78 is 1.95. The zero-order valence-corrected chi connectivity index (χ0v) is 20.5. The second-order valence-corrected chi connectivity index (χ2v) is 10.1. The fourth-order valence-electron chi connectivity index (χ4n) is 4.86. The maximum absolute atomic E-state index is 9.82. The van der Waals surface area contributed by atoms with E-state index in [4.69, 9.17) is 9.97 Å². The van der Waals surface area contributed by atoms with Crippen LogP contribution in [0.25, 0.3) is 43.4 Å². The molecule has 1 aliphatic rings. The highest BCUT2D eigenvalue weighted by Gasteiger charge is 2.29. The van der Waals surface area contributed by atoms with E-state index in [1.165, 1.54) is 0 Å². The second-order valence-electron chi connectivity index (χ2n) is 9.06. The van der Waals surface area contributed by atoms with Gasteiger partial charge < -0.3 is 14.6 Å². The van der Waals surface area contributed by atoms with Crippen LogP contribution in [0.15, 0.2) is 61.2 Å². The summed E-state index contributed by atoms with van der Waals surface area (Å²) in [5, 5.41) is 10.9. The van der Waals surface area contributed by atoms with E-state index in [1.54, 1.807) is 17.5 Å². The SMILES string of the molecule is Cc1cnccc1-c1sc2nc(-c3nccn3C)nc(N3CCC(CO)C3)c2c1-c1ccccc1. The van der Waals surface area contributed by atoms with Crippen LogP contribution in [0.4, 0.5) is 5.82 Å². The van der Waals surface area contributed by atoms with Crippen LogP contribution in [0.3, 0.4) is 0 Å². The third-order valence-corrected chi connectivity index (χ3v) is 7.84. The number of aryl methyl sites for hydroxylation is 2. The first-order valence-electron chi connectivity index (χ1n) is 11.8. The molecule has 0 bridgehead atoms. The topological polar surface area (TPSA) is 80.0 Å². The van der Waals surface area contributed by atoms with Crippen molar-refractivity contribution in [1.82, 2.24) is 24.5 Å². The highest BCUT2D eigenvalue weighted by atomic mass is 32.1. The summed E-state index contributed by atoms with van der Waals surface area (Å²) in [7, 11) is 1.96. The standard InChI is InChI=1S/C27H26N6OS/c1-17-14-28-10-8-20(17)23-21(19-6-4-3-5-7-19)22-25(33-12-9-18(15-33)16-34)30-24(31-27(22)35-23)26-29-11-13-32(26)2/h3-8,10-11,13-14,18,34H,9,12,15-16H2,1-2H3. The lowest BCUT2D eigenvalue weighted by Gasteiger charge is -2.20. The fraction of sp³-hybridized carbons (Fsp3) is 0.259. The fourth-order valence-corrected chi connectivity index (χ4v) is 6.15. The predicted octanol–water partition coefficient (Wildman–Crippen LogP) is 4.95. The molecule has 5 aromatic rings. The molecule has 6 rings (SSSR count). The lowest BCUT2D eigenvalue weighted by atomic mass is 9.98. The number of benzene rings is 1. The van der Waals surface area contributed by atoms with E-state index in [-0.39, 0.29) is 12.5 Å². The molecule has 0 saturated carbocycles. The van der Waals surface area contributed by atoms with Gasteiger partial charge in [-0.25, -0.2) is 15.0 Å². The number of rotatable bonds is 5. The van der Waals surface area contributed by atoms with Gasteiger partial charge in [-0.05, 0) is 36.1 Å². The molecule has 1 atom stereocenters. The van der Waals surface area contributed by atoms with Crippen molar-refractivity contribution in [2.75, 3.05) is 24.6 Å². The number of hydrogen-bond donors (Lipinski definition) is 1. The van der Waals surface area contributed by atoms with Gasteiger partial charge >= 0.3 is 0 Å². The highest BCUT2D eigenvalue weighted by Crippen LogP contribution is 2.48. The number of fused-ring (bicyclic) bond motifs is 1. The van der Waals surface area contributed by atoms with Crippen molar-refractivity contribution in [3.63, 3.8) is 0 Å². The molecule has 1 aliphatic heterocycles. The summed E-state index contributed by atoms with van der Waals surface area (Å²) in [5.74, 6) is 2.52. The van der Waals surface area contributed by atoms with Crippen molar-refractivity contribution >= 4 is 27.4 Å². The molecule has 4 aromatic heterocycles. The summed E-state index contributed by atoms with van der Waals surface area (Å²) >= 11 is 1.69. The first-order chi connectivity index (χ1) is 17.1. The number of aromatic nitrogens is 5. The van der Waals surface area contributed by atoms with Gasteiger partial charge in [0.2, 0.25) is 0 Å². The number of pyridine rings is 1. The van der Waals surface area contributed by atoms with Gasteiger partial charge in [0.15, 0.2) is 11.6 Å². The third kappa shape index (κ3) is 3.79. The smallest absolute Gasteiger partial charge is 0.199 e. The zero-order chi connectivity index (χ0) is 23.9. The van der Waals surface area contributed by atoms with Gasteiger partial charge in [-0.1, -0.05) is 30.3 Å². The Hall–Kier alpha value is -3.62. The van der Waals surface area contributed by atoms with E-state index in [0.717, 1.165) is 68.5 Å². The van der Waals surface area contributed by atoms with E-state index >= 15 is 0 Å².